The molecule has 1 saturated carbocycles. The zero-order valence-corrected chi connectivity index (χ0v) is 22.5. The minimum absolute atomic E-state index is 0.131. The molecule has 1 fully saturated rings. The summed E-state index contributed by atoms with van der Waals surface area (Å²) in [5, 5.41) is 5.12. The summed E-state index contributed by atoms with van der Waals surface area (Å²) in [7, 11) is 1.63. The number of carbonyl (C=O) groups excluding carboxylic acids is 1. The monoisotopic (exact) mass is 551 g/mol. The van der Waals surface area contributed by atoms with Gasteiger partial charge in [-0.2, -0.15) is 5.10 Å². The van der Waals surface area contributed by atoms with Gasteiger partial charge in [0, 0.05) is 23.3 Å². The van der Waals surface area contributed by atoms with Crippen LogP contribution < -0.4 is 14.9 Å². The van der Waals surface area contributed by atoms with Crippen molar-refractivity contribution in [3.8, 4) is 28.4 Å². The molecule has 206 valence electrons. The number of benzene rings is 2. The maximum Gasteiger partial charge on any atom is 0.219 e. The van der Waals surface area contributed by atoms with Gasteiger partial charge in [0.2, 0.25) is 5.43 Å². The Kier molecular flexibility index (Phi) is 6.96. The van der Waals surface area contributed by atoms with Crippen LogP contribution in [0.1, 0.15) is 47.7 Å². The molecule has 9 nitrogen and oxygen atoms in total. The minimum atomic E-state index is -0.510. The van der Waals surface area contributed by atoms with E-state index in [1.165, 1.54) is 36.7 Å². The molecule has 3 aromatic heterocycles. The predicted molar refractivity (Wildman–Crippen MR) is 150 cm³/mol. The van der Waals surface area contributed by atoms with Crippen molar-refractivity contribution < 1.29 is 18.7 Å². The molecule has 0 aliphatic heterocycles. The molecule has 0 saturated heterocycles. The van der Waals surface area contributed by atoms with Crippen molar-refractivity contribution >= 4 is 16.7 Å². The predicted octanol–water partition coefficient (Wildman–Crippen LogP) is 5.51. The standard InChI is InChI=1S/C31H26FN5O4/c1-3-18-12-25-23(13-28(18)40-2)27(10-11-33-25)41-22-15-34-29(35-16-22)14-26(38)30-31(39)24(17-37(36-30)21-8-9-21)19-4-6-20(32)7-5-19/h4-7,10-13,15-17,21H,3,8-9,14H2,1-2H3. The van der Waals surface area contributed by atoms with E-state index in [1.54, 1.807) is 30.3 Å². The molecular weight excluding hydrogens is 525 g/mol. The highest BCUT2D eigenvalue weighted by Crippen LogP contribution is 2.35. The van der Waals surface area contributed by atoms with E-state index in [4.69, 9.17) is 9.47 Å². The fourth-order valence-electron chi connectivity index (χ4n) is 4.64. The number of aryl methyl sites for hydroxylation is 1. The van der Waals surface area contributed by atoms with Crippen molar-refractivity contribution in [2.45, 2.75) is 38.6 Å². The van der Waals surface area contributed by atoms with Gasteiger partial charge in [0.05, 0.1) is 37.5 Å². The number of ether oxygens (including phenoxy) is 2. The molecule has 0 N–H and O–H groups in total. The quantitative estimate of drug-likeness (QED) is 0.221. The lowest BCUT2D eigenvalue weighted by Gasteiger charge is -2.12. The SMILES string of the molecule is CCc1cc2nccc(Oc3cnc(CC(=O)c4nn(C5CC5)cc(-c5ccc(F)cc5)c4=O)nc3)c2cc1OC. The normalized spacial score (nSPS) is 12.9. The van der Waals surface area contributed by atoms with Crippen molar-refractivity contribution in [1.82, 2.24) is 24.7 Å². The fourth-order valence-corrected chi connectivity index (χ4v) is 4.64. The van der Waals surface area contributed by atoms with Crippen LogP contribution in [0.3, 0.4) is 0 Å². The molecule has 0 bridgehead atoms. The van der Waals surface area contributed by atoms with Crippen LogP contribution in [0.4, 0.5) is 4.39 Å². The van der Waals surface area contributed by atoms with Crippen molar-refractivity contribution in [3.05, 3.63) is 100 Å². The second-order valence-corrected chi connectivity index (χ2v) is 9.82. The number of fused-ring (bicyclic) bond motifs is 1. The third-order valence-corrected chi connectivity index (χ3v) is 6.99. The molecule has 0 unspecified atom stereocenters. The largest absolute Gasteiger partial charge is 0.496 e. The fraction of sp³-hybridized carbons (Fsp3) is 0.226. The summed E-state index contributed by atoms with van der Waals surface area (Å²) in [5.74, 6) is 1.00. The molecule has 0 radical (unpaired) electrons. The molecule has 3 heterocycles. The van der Waals surface area contributed by atoms with Crippen molar-refractivity contribution in [3.63, 3.8) is 0 Å². The smallest absolute Gasteiger partial charge is 0.219 e. The van der Waals surface area contributed by atoms with Crippen LogP contribution in [0.15, 0.2) is 72.0 Å². The molecule has 2 aromatic carbocycles. The van der Waals surface area contributed by atoms with Gasteiger partial charge < -0.3 is 9.47 Å². The van der Waals surface area contributed by atoms with Crippen LogP contribution in [0.2, 0.25) is 0 Å². The van der Waals surface area contributed by atoms with Crippen molar-refractivity contribution in [2.75, 3.05) is 7.11 Å². The maximum atomic E-state index is 13.5. The van der Waals surface area contributed by atoms with Crippen LogP contribution in [0.5, 0.6) is 17.2 Å². The van der Waals surface area contributed by atoms with Gasteiger partial charge in [0.1, 0.15) is 23.1 Å². The Morgan fingerprint density at radius 1 is 1.05 bits per heavy atom. The Bertz CT molecular complexity index is 1820. The number of ketones is 1. The maximum absolute atomic E-state index is 13.5. The van der Waals surface area contributed by atoms with Crippen LogP contribution in [-0.4, -0.2) is 37.6 Å². The number of hydrogen-bond acceptors (Lipinski definition) is 8. The second-order valence-electron chi connectivity index (χ2n) is 9.82. The van der Waals surface area contributed by atoms with Gasteiger partial charge in [-0.25, -0.2) is 14.4 Å². The lowest BCUT2D eigenvalue weighted by molar-refractivity contribution is 0.0982. The summed E-state index contributed by atoms with van der Waals surface area (Å²) in [6, 6.07) is 11.3. The van der Waals surface area contributed by atoms with E-state index in [0.717, 1.165) is 41.5 Å². The Balaban J connectivity index is 1.24. The second kappa shape index (κ2) is 10.9. The summed E-state index contributed by atoms with van der Waals surface area (Å²) in [4.78, 5) is 39.5. The highest BCUT2D eigenvalue weighted by Gasteiger charge is 2.27. The van der Waals surface area contributed by atoms with Crippen LogP contribution in [-0.2, 0) is 12.8 Å². The number of rotatable bonds is 9. The Labute approximate surface area is 234 Å². The number of hydrogen-bond donors (Lipinski definition) is 0. The van der Waals surface area contributed by atoms with Crippen molar-refractivity contribution in [2.24, 2.45) is 0 Å². The van der Waals surface area contributed by atoms with Gasteiger partial charge in [-0.3, -0.25) is 19.3 Å². The van der Waals surface area contributed by atoms with E-state index in [-0.39, 0.29) is 24.0 Å². The van der Waals surface area contributed by atoms with E-state index in [0.29, 0.717) is 22.6 Å². The van der Waals surface area contributed by atoms with Gasteiger partial charge in [-0.1, -0.05) is 19.1 Å². The first-order valence-electron chi connectivity index (χ1n) is 13.3. The zero-order valence-electron chi connectivity index (χ0n) is 22.5. The van der Waals surface area contributed by atoms with E-state index in [2.05, 4.69) is 27.0 Å². The molecule has 41 heavy (non-hydrogen) atoms. The van der Waals surface area contributed by atoms with Crippen LogP contribution in [0, 0.1) is 5.82 Å². The first-order valence-corrected chi connectivity index (χ1v) is 13.3. The molecule has 10 heteroatoms. The number of aromatic nitrogens is 5. The zero-order chi connectivity index (χ0) is 28.5. The molecule has 0 amide bonds. The highest BCUT2D eigenvalue weighted by atomic mass is 19.1. The first kappa shape index (κ1) is 26.2. The summed E-state index contributed by atoms with van der Waals surface area (Å²) in [5.41, 5.74) is 1.94. The average molecular weight is 552 g/mol. The minimum Gasteiger partial charge on any atom is -0.496 e. The molecule has 5 aromatic rings. The molecule has 6 rings (SSSR count). The lowest BCUT2D eigenvalue weighted by atomic mass is 10.0. The van der Waals surface area contributed by atoms with Crippen LogP contribution in [0.25, 0.3) is 22.0 Å². The molecule has 0 atom stereocenters. The number of halogens is 1. The Hall–Kier alpha value is -4.99. The van der Waals surface area contributed by atoms with Crippen LogP contribution >= 0.6 is 0 Å². The summed E-state index contributed by atoms with van der Waals surface area (Å²) < 4.78 is 26.7. The third-order valence-electron chi connectivity index (χ3n) is 6.99. The number of Topliss-reactive ketones (excluding diaryl/α,β-unsaturated/α-hetero) is 1. The van der Waals surface area contributed by atoms with E-state index in [9.17, 15) is 14.0 Å². The number of pyridine rings is 1. The summed E-state index contributed by atoms with van der Waals surface area (Å²) in [6.07, 6.45) is 8.67. The van der Waals surface area contributed by atoms with E-state index in [1.807, 2.05) is 12.1 Å². The Morgan fingerprint density at radius 3 is 2.49 bits per heavy atom. The van der Waals surface area contributed by atoms with Gasteiger partial charge >= 0.3 is 0 Å². The number of carbonyl (C=O) groups is 1. The number of methoxy groups -OCH3 is 1. The van der Waals surface area contributed by atoms with Crippen molar-refractivity contribution in [1.29, 1.82) is 0 Å². The topological polar surface area (TPSA) is 109 Å². The highest BCUT2D eigenvalue weighted by molar-refractivity contribution is 5.96. The van der Waals surface area contributed by atoms with E-state index >= 15 is 0 Å². The van der Waals surface area contributed by atoms with Gasteiger partial charge in [-0.15, -0.1) is 0 Å². The molecule has 0 spiro atoms. The molecule has 1 aliphatic carbocycles. The third kappa shape index (κ3) is 5.41. The molecular formula is C31H26FN5O4. The van der Waals surface area contributed by atoms with E-state index < -0.39 is 17.0 Å². The van der Waals surface area contributed by atoms with Gasteiger partial charge in [0.15, 0.2) is 17.2 Å². The lowest BCUT2D eigenvalue weighted by Crippen LogP contribution is -2.25. The van der Waals surface area contributed by atoms with Gasteiger partial charge in [0.25, 0.3) is 0 Å². The Morgan fingerprint density at radius 2 is 1.80 bits per heavy atom. The number of nitrogens with zero attached hydrogens (tertiary/aromatic N) is 5. The summed E-state index contributed by atoms with van der Waals surface area (Å²) in [6.45, 7) is 2.05. The summed E-state index contributed by atoms with van der Waals surface area (Å²) >= 11 is 0. The van der Waals surface area contributed by atoms with Gasteiger partial charge in [-0.05, 0) is 60.7 Å². The first-order chi connectivity index (χ1) is 19.9. The molecule has 1 aliphatic rings. The average Bonchev–Trinajstić information content (AvgIpc) is 3.84.